The molecule has 183 valence electrons. The van der Waals surface area contributed by atoms with Crippen molar-refractivity contribution in [3.8, 4) is 0 Å². The van der Waals surface area contributed by atoms with E-state index in [-0.39, 0.29) is 0 Å². The number of aryl methyl sites for hydroxylation is 4. The predicted molar refractivity (Wildman–Crippen MR) is 141 cm³/mol. The summed E-state index contributed by atoms with van der Waals surface area (Å²) in [7, 11) is 0. The molecule has 2 aromatic carbocycles. The van der Waals surface area contributed by atoms with Gasteiger partial charge in [-0.05, 0) is 0 Å². The fourth-order valence-corrected chi connectivity index (χ4v) is 4.44. The normalized spacial score (nSPS) is 12.8. The molecule has 33 heavy (non-hydrogen) atoms. The van der Waals surface area contributed by atoms with Crippen molar-refractivity contribution in [3.05, 3.63) is 58.7 Å². The van der Waals surface area contributed by atoms with E-state index in [1.807, 2.05) is 0 Å². The van der Waals surface area contributed by atoms with Crippen LogP contribution in [0.2, 0.25) is 0 Å². The van der Waals surface area contributed by atoms with E-state index in [0.717, 1.165) is 75.6 Å². The van der Waals surface area contributed by atoms with Gasteiger partial charge in [0, 0.05) is 0 Å². The second kappa shape index (κ2) is 14.5. The Kier molecular flexibility index (Phi) is 12.1. The van der Waals surface area contributed by atoms with E-state index in [2.05, 4.69) is 81.6 Å². The fourth-order valence-electron chi connectivity index (χ4n) is 4.08. The molecule has 0 aliphatic heterocycles. The van der Waals surface area contributed by atoms with Gasteiger partial charge in [0.2, 0.25) is 0 Å². The molecule has 0 fully saturated rings. The van der Waals surface area contributed by atoms with Gasteiger partial charge in [-0.1, -0.05) is 0 Å². The molecule has 0 aromatic heterocycles. The van der Waals surface area contributed by atoms with Crippen LogP contribution < -0.4 is 0 Å². The minimum atomic E-state index is 0.974. The minimum absolute atomic E-state index is 0.974. The molecule has 0 amide bonds. The van der Waals surface area contributed by atoms with Gasteiger partial charge < -0.3 is 0 Å². The molecule has 0 unspecified atom stereocenters. The molecule has 2 aromatic rings. The van der Waals surface area contributed by atoms with Crippen LogP contribution in [-0.2, 0) is 41.4 Å². The van der Waals surface area contributed by atoms with E-state index >= 15 is 0 Å². The number of hydrogen-bond acceptors (Lipinski definition) is 1. The molecule has 0 N–H and O–H groups in total. The second-order valence-corrected chi connectivity index (χ2v) is 9.34. The van der Waals surface area contributed by atoms with E-state index in [9.17, 15) is 0 Å². The second-order valence-electron chi connectivity index (χ2n) is 8.90. The Balaban J connectivity index is 2.68. The van der Waals surface area contributed by atoms with Crippen LogP contribution in [0, 0.1) is 0 Å². The third kappa shape index (κ3) is 8.22. The van der Waals surface area contributed by atoms with Crippen LogP contribution in [0.15, 0.2) is 41.4 Å². The topological polar surface area (TPSA) is 15.4 Å². The standard InChI is InChI=1S/C30H44N2.Ni/c1-7-13-15-29(31-27-19-23(9-3)17-24(10-4)20-27)30(16-14-8-2)32-28-21-25(11-5)18-26(12-6)22-28;/h17-22H,7-16H2,1-6H3;/q;+1. The van der Waals surface area contributed by atoms with Gasteiger partial charge in [0.1, 0.15) is 0 Å². The molecule has 0 aliphatic rings. The number of benzene rings is 2. The molecule has 0 heterocycles. The number of rotatable bonds is 13. The van der Waals surface area contributed by atoms with Crippen LogP contribution in [0.25, 0.3) is 0 Å². The molecule has 0 radical (unpaired) electrons. The third-order valence-corrected chi connectivity index (χ3v) is 6.79. The van der Waals surface area contributed by atoms with E-state index < -0.39 is 0 Å². The average molecular weight is 491 g/mol. The van der Waals surface area contributed by atoms with Crippen molar-refractivity contribution in [2.24, 2.45) is 4.99 Å². The van der Waals surface area contributed by atoms with Crippen molar-refractivity contribution in [2.75, 3.05) is 0 Å². The zero-order chi connectivity index (χ0) is 24.2. The molecular formula is C30H44N2Ni+. The summed E-state index contributed by atoms with van der Waals surface area (Å²) in [5.41, 5.74) is 10.0. The summed E-state index contributed by atoms with van der Waals surface area (Å²) in [6, 6.07) is 13.7. The fraction of sp³-hybridized carbons (Fsp3) is 0.533. The number of aliphatic imine (C=N–C) groups is 1. The van der Waals surface area contributed by atoms with Gasteiger partial charge in [0.15, 0.2) is 0 Å². The Morgan fingerprint density at radius 1 is 0.667 bits per heavy atom. The number of nitrogens with zero attached hydrogens (tertiary/aromatic N) is 2. The van der Waals surface area contributed by atoms with Gasteiger partial charge in [0.05, 0.1) is 0 Å². The Labute approximate surface area is 211 Å². The van der Waals surface area contributed by atoms with Crippen LogP contribution in [-0.4, -0.2) is 15.1 Å². The molecule has 0 spiro atoms. The van der Waals surface area contributed by atoms with E-state index in [1.165, 1.54) is 33.7 Å². The Bertz CT molecular complexity index is 911. The molecule has 0 saturated heterocycles. The zero-order valence-corrected chi connectivity index (χ0v) is 22.7. The quantitative estimate of drug-likeness (QED) is 0.197. The molecule has 2 nitrogen and oxygen atoms in total. The van der Waals surface area contributed by atoms with Crippen molar-refractivity contribution in [3.63, 3.8) is 0 Å². The van der Waals surface area contributed by atoms with Crippen molar-refractivity contribution in [2.45, 2.75) is 106 Å². The molecule has 0 bridgehead atoms. The first-order valence-corrected chi connectivity index (χ1v) is 13.6. The average Bonchev–Trinajstić information content (AvgIpc) is 2.86. The van der Waals surface area contributed by atoms with Gasteiger partial charge in [0.25, 0.3) is 0 Å². The summed E-state index contributed by atoms with van der Waals surface area (Å²) in [5, 5.41) is 0. The Hall–Kier alpha value is -1.73. The Morgan fingerprint density at radius 3 is 1.58 bits per heavy atom. The summed E-state index contributed by atoms with van der Waals surface area (Å²) in [6.07, 6.45) is 10.6. The summed E-state index contributed by atoms with van der Waals surface area (Å²) in [6.45, 7) is 13.4. The SMILES string of the molecule is CCCCC(=Nc1cc(CC)cc(CC)c1)C(CCCC)=[N+]([Ni])c1cc(CC)cc(CC)c1. The van der Waals surface area contributed by atoms with Gasteiger partial charge in [-0.25, -0.2) is 0 Å². The van der Waals surface area contributed by atoms with E-state index in [0.29, 0.717) is 0 Å². The van der Waals surface area contributed by atoms with Crippen LogP contribution in [0.1, 0.15) is 102 Å². The first kappa shape index (κ1) is 27.5. The molecule has 0 aliphatic carbocycles. The summed E-state index contributed by atoms with van der Waals surface area (Å²) >= 11 is 5.72. The maximum absolute atomic E-state index is 5.72. The first-order valence-electron chi connectivity index (χ1n) is 13.1. The Morgan fingerprint density at radius 2 is 1.12 bits per heavy atom. The number of unbranched alkanes of at least 4 members (excludes halogenated alkanes) is 2. The van der Waals surface area contributed by atoms with Gasteiger partial charge in [-0.15, -0.1) is 0 Å². The monoisotopic (exact) mass is 490 g/mol. The van der Waals surface area contributed by atoms with E-state index in [1.54, 1.807) is 0 Å². The van der Waals surface area contributed by atoms with Crippen LogP contribution in [0.3, 0.4) is 0 Å². The van der Waals surface area contributed by atoms with Crippen LogP contribution in [0.4, 0.5) is 11.4 Å². The molecule has 0 atom stereocenters. The number of hydrogen-bond donors (Lipinski definition) is 0. The maximum atomic E-state index is 5.72. The van der Waals surface area contributed by atoms with Crippen molar-refractivity contribution >= 4 is 22.8 Å². The summed E-state index contributed by atoms with van der Waals surface area (Å²) in [5.74, 6) is 0. The molecule has 2 rings (SSSR count). The molecule has 0 saturated carbocycles. The van der Waals surface area contributed by atoms with Gasteiger partial charge in [-0.3, -0.25) is 0 Å². The molecular weight excluding hydrogens is 447 g/mol. The van der Waals surface area contributed by atoms with Crippen LogP contribution >= 0.6 is 0 Å². The third-order valence-electron chi connectivity index (χ3n) is 6.27. The zero-order valence-electron chi connectivity index (χ0n) is 21.7. The van der Waals surface area contributed by atoms with Crippen molar-refractivity contribution in [1.82, 2.24) is 0 Å². The van der Waals surface area contributed by atoms with E-state index in [4.69, 9.17) is 20.7 Å². The predicted octanol–water partition coefficient (Wildman–Crippen LogP) is 8.64. The summed E-state index contributed by atoms with van der Waals surface area (Å²) < 4.78 is 2.06. The summed E-state index contributed by atoms with van der Waals surface area (Å²) in [4.78, 5) is 5.28. The van der Waals surface area contributed by atoms with Gasteiger partial charge in [-0.2, -0.15) is 0 Å². The first-order chi connectivity index (χ1) is 16.0. The van der Waals surface area contributed by atoms with Crippen molar-refractivity contribution in [1.29, 1.82) is 0 Å². The molecule has 3 heteroatoms. The van der Waals surface area contributed by atoms with Gasteiger partial charge >= 0.3 is 212 Å². The van der Waals surface area contributed by atoms with Crippen LogP contribution in [0.5, 0.6) is 0 Å². The van der Waals surface area contributed by atoms with Crippen molar-refractivity contribution < 1.29 is 19.3 Å².